The molecule has 1 heterocycles. The average Bonchev–Trinajstić information content (AvgIpc) is 2.96. The van der Waals surface area contributed by atoms with Gasteiger partial charge in [0, 0.05) is 0 Å². The number of amides is 1. The Morgan fingerprint density at radius 1 is 1.17 bits per heavy atom. The normalized spacial score (nSPS) is 16.5. The van der Waals surface area contributed by atoms with Crippen molar-refractivity contribution in [3.63, 3.8) is 0 Å². The van der Waals surface area contributed by atoms with Crippen molar-refractivity contribution in [3.05, 3.63) is 34.7 Å². The molecule has 0 aliphatic carbocycles. The van der Waals surface area contributed by atoms with E-state index in [1.54, 1.807) is 19.9 Å². The van der Waals surface area contributed by atoms with Gasteiger partial charge in [-0.15, -0.1) is 0 Å². The second-order valence-corrected chi connectivity index (χ2v) is 9.44. The van der Waals surface area contributed by atoms with Gasteiger partial charge in [0.05, 0.1) is 11.5 Å². The molecule has 164 valence electrons. The van der Waals surface area contributed by atoms with Gasteiger partial charge in [-0.3, -0.25) is 9.69 Å². The molecule has 1 fully saturated rings. The largest absolute Gasteiger partial charge is 0.494 e. The predicted molar refractivity (Wildman–Crippen MR) is 127 cm³/mol. The quantitative estimate of drug-likeness (QED) is 0.249. The number of carbonyl (C=O) groups is 2. The van der Waals surface area contributed by atoms with Crippen molar-refractivity contribution < 1.29 is 19.4 Å². The summed E-state index contributed by atoms with van der Waals surface area (Å²) in [4.78, 5) is 26.0. The Morgan fingerprint density at radius 2 is 1.80 bits per heavy atom. The van der Waals surface area contributed by atoms with E-state index < -0.39 is 12.0 Å². The minimum Gasteiger partial charge on any atom is -0.494 e. The average molecular weight is 450 g/mol. The molecule has 1 aliphatic rings. The van der Waals surface area contributed by atoms with Crippen LogP contribution in [0.25, 0.3) is 6.08 Å². The topological polar surface area (TPSA) is 66.8 Å². The van der Waals surface area contributed by atoms with Gasteiger partial charge < -0.3 is 9.84 Å². The zero-order valence-electron chi connectivity index (χ0n) is 17.9. The minimum absolute atomic E-state index is 0.243. The molecule has 1 atom stereocenters. The molecule has 0 aromatic heterocycles. The van der Waals surface area contributed by atoms with Gasteiger partial charge in [-0.05, 0) is 36.1 Å². The first kappa shape index (κ1) is 24.4. The monoisotopic (exact) mass is 449 g/mol. The van der Waals surface area contributed by atoms with Gasteiger partial charge in [0.2, 0.25) is 0 Å². The minimum atomic E-state index is -1.05. The van der Waals surface area contributed by atoms with E-state index in [0.717, 1.165) is 29.5 Å². The highest BCUT2D eigenvalue weighted by molar-refractivity contribution is 8.26. The lowest BCUT2D eigenvalue weighted by Crippen LogP contribution is -2.47. The van der Waals surface area contributed by atoms with Crippen molar-refractivity contribution >= 4 is 46.3 Å². The Labute approximate surface area is 188 Å². The van der Waals surface area contributed by atoms with Gasteiger partial charge in [0.1, 0.15) is 16.1 Å². The highest BCUT2D eigenvalue weighted by atomic mass is 32.2. The van der Waals surface area contributed by atoms with Gasteiger partial charge in [0.15, 0.2) is 0 Å². The summed E-state index contributed by atoms with van der Waals surface area (Å²) >= 11 is 6.43. The second-order valence-electron chi connectivity index (χ2n) is 7.76. The Bertz CT molecular complexity index is 774. The Balaban J connectivity index is 1.93. The summed E-state index contributed by atoms with van der Waals surface area (Å²) in [6.45, 7) is 6.46. The Kier molecular flexibility index (Phi) is 9.85. The van der Waals surface area contributed by atoms with Crippen molar-refractivity contribution in [2.24, 2.45) is 5.92 Å². The summed E-state index contributed by atoms with van der Waals surface area (Å²) in [6.07, 6.45) is 9.09. The van der Waals surface area contributed by atoms with Crippen LogP contribution in [-0.2, 0) is 9.59 Å². The fourth-order valence-corrected chi connectivity index (χ4v) is 4.63. The predicted octanol–water partition coefficient (Wildman–Crippen LogP) is 5.74. The van der Waals surface area contributed by atoms with Crippen LogP contribution in [0.1, 0.15) is 64.9 Å². The number of thiocarbonyl (C=S) groups is 1. The molecule has 0 bridgehead atoms. The first-order valence-electron chi connectivity index (χ1n) is 10.6. The molecule has 30 heavy (non-hydrogen) atoms. The lowest BCUT2D eigenvalue weighted by molar-refractivity contribution is -0.146. The maximum atomic E-state index is 12.8. The molecule has 1 aromatic rings. The van der Waals surface area contributed by atoms with Crippen LogP contribution in [0.4, 0.5) is 0 Å². The van der Waals surface area contributed by atoms with E-state index in [4.69, 9.17) is 17.0 Å². The SMILES string of the molecule is CCCCCCCCOc1ccc(/C=C2/SC(=S)N([C@H](C(=O)O)C(C)C)C2=O)cc1. The third-order valence-electron chi connectivity index (χ3n) is 4.93. The fourth-order valence-electron chi connectivity index (χ4n) is 3.30. The van der Waals surface area contributed by atoms with Crippen LogP contribution in [0.2, 0.25) is 0 Å². The maximum absolute atomic E-state index is 12.8. The van der Waals surface area contributed by atoms with Crippen LogP contribution in [0.3, 0.4) is 0 Å². The van der Waals surface area contributed by atoms with Crippen molar-refractivity contribution in [3.8, 4) is 5.75 Å². The number of ether oxygens (including phenoxy) is 1. The molecule has 2 rings (SSSR count). The smallest absolute Gasteiger partial charge is 0.327 e. The molecule has 1 N–H and O–H groups in total. The van der Waals surface area contributed by atoms with Crippen LogP contribution in [0, 0.1) is 5.92 Å². The highest BCUT2D eigenvalue weighted by Gasteiger charge is 2.41. The number of carboxylic acid groups (broad SMARTS) is 1. The number of benzene rings is 1. The van der Waals surface area contributed by atoms with Crippen LogP contribution in [-0.4, -0.2) is 38.9 Å². The number of unbranched alkanes of at least 4 members (excludes halogenated alkanes) is 5. The van der Waals surface area contributed by atoms with Crippen molar-refractivity contribution in [2.45, 2.75) is 65.3 Å². The Morgan fingerprint density at radius 3 is 2.40 bits per heavy atom. The van der Waals surface area contributed by atoms with Gasteiger partial charge in [-0.2, -0.15) is 0 Å². The highest BCUT2D eigenvalue weighted by Crippen LogP contribution is 2.35. The second kappa shape index (κ2) is 12.1. The molecule has 1 aliphatic heterocycles. The maximum Gasteiger partial charge on any atom is 0.327 e. The van der Waals surface area contributed by atoms with E-state index >= 15 is 0 Å². The molecule has 0 radical (unpaired) electrons. The number of carbonyl (C=O) groups excluding carboxylic acids is 1. The third kappa shape index (κ3) is 6.84. The molecule has 7 heteroatoms. The van der Waals surface area contributed by atoms with Gasteiger partial charge in [-0.1, -0.05) is 89.0 Å². The van der Waals surface area contributed by atoms with E-state index in [0.29, 0.717) is 11.5 Å². The molecule has 0 unspecified atom stereocenters. The number of thioether (sulfide) groups is 1. The van der Waals surface area contributed by atoms with E-state index in [1.165, 1.54) is 37.0 Å². The summed E-state index contributed by atoms with van der Waals surface area (Å²) in [5.74, 6) is -0.838. The van der Waals surface area contributed by atoms with Crippen LogP contribution in [0.5, 0.6) is 5.75 Å². The summed E-state index contributed by atoms with van der Waals surface area (Å²) in [5.41, 5.74) is 0.846. The van der Waals surface area contributed by atoms with Crippen LogP contribution in [0.15, 0.2) is 29.2 Å². The molecule has 5 nitrogen and oxygen atoms in total. The number of carboxylic acids is 1. The Hall–Kier alpha value is -1.86. The van der Waals surface area contributed by atoms with Gasteiger partial charge in [0.25, 0.3) is 5.91 Å². The number of hydrogen-bond acceptors (Lipinski definition) is 5. The van der Waals surface area contributed by atoms with Gasteiger partial charge in [-0.25, -0.2) is 4.79 Å². The third-order valence-corrected chi connectivity index (χ3v) is 6.26. The van der Waals surface area contributed by atoms with Gasteiger partial charge >= 0.3 is 5.97 Å². The number of hydrogen-bond donors (Lipinski definition) is 1. The molecular weight excluding hydrogens is 418 g/mol. The molecular formula is C23H31NO4S2. The summed E-state index contributed by atoms with van der Waals surface area (Å²) in [6, 6.07) is 6.59. The zero-order valence-corrected chi connectivity index (χ0v) is 19.6. The van der Waals surface area contributed by atoms with E-state index in [2.05, 4.69) is 6.92 Å². The number of rotatable bonds is 12. The molecule has 0 spiro atoms. The fraction of sp³-hybridized carbons (Fsp3) is 0.522. The molecule has 0 saturated carbocycles. The van der Waals surface area contributed by atoms with E-state index in [-0.39, 0.29) is 16.1 Å². The summed E-state index contributed by atoms with van der Waals surface area (Å²) < 4.78 is 6.07. The van der Waals surface area contributed by atoms with Crippen LogP contribution < -0.4 is 4.74 Å². The molecule has 1 amide bonds. The zero-order chi connectivity index (χ0) is 22.1. The first-order chi connectivity index (χ1) is 14.3. The summed E-state index contributed by atoms with van der Waals surface area (Å²) in [7, 11) is 0. The number of aliphatic carboxylic acids is 1. The van der Waals surface area contributed by atoms with Crippen molar-refractivity contribution in [1.29, 1.82) is 0 Å². The molecule has 1 saturated heterocycles. The lowest BCUT2D eigenvalue weighted by Gasteiger charge is -2.26. The van der Waals surface area contributed by atoms with Crippen molar-refractivity contribution in [1.82, 2.24) is 4.90 Å². The van der Waals surface area contributed by atoms with Crippen LogP contribution >= 0.6 is 24.0 Å². The van der Waals surface area contributed by atoms with Crippen molar-refractivity contribution in [2.75, 3.05) is 6.61 Å². The van der Waals surface area contributed by atoms with E-state index in [9.17, 15) is 14.7 Å². The lowest BCUT2D eigenvalue weighted by atomic mass is 10.0. The first-order valence-corrected chi connectivity index (χ1v) is 11.8. The van der Waals surface area contributed by atoms with E-state index in [1.807, 2.05) is 24.3 Å². The number of nitrogens with zero attached hydrogens (tertiary/aromatic N) is 1. The standard InChI is InChI=1S/C23H31NO4S2/c1-4-5-6-7-8-9-14-28-18-12-10-17(11-13-18)15-19-21(25)24(23(29)30-19)20(16(2)3)22(26)27/h10-13,15-16,20H,4-9,14H2,1-3H3,(H,26,27)/b19-15+/t20-/m0/s1. The molecule has 1 aromatic carbocycles. The summed E-state index contributed by atoms with van der Waals surface area (Å²) in [5, 5.41) is 9.49.